The first-order chi connectivity index (χ1) is 14.8. The number of rotatable bonds is 7. The molecule has 0 radical (unpaired) electrons. The van der Waals surface area contributed by atoms with Gasteiger partial charge in [0.15, 0.2) is 5.13 Å². The number of carbonyl (C=O) groups is 3. The maximum Gasteiger partial charge on any atom is 0.255 e. The van der Waals surface area contributed by atoms with Crippen molar-refractivity contribution in [3.63, 3.8) is 0 Å². The Balaban J connectivity index is 1.40. The summed E-state index contributed by atoms with van der Waals surface area (Å²) in [6, 6.07) is 5.12. The van der Waals surface area contributed by atoms with E-state index in [1.807, 2.05) is 23.6 Å². The molecule has 0 bridgehead atoms. The van der Waals surface area contributed by atoms with Crippen LogP contribution in [-0.2, 0) is 22.7 Å². The van der Waals surface area contributed by atoms with E-state index in [0.29, 0.717) is 31.0 Å². The first-order valence-corrected chi connectivity index (χ1v) is 11.4. The number of hydrogen-bond donors (Lipinski definition) is 3. The zero-order valence-corrected chi connectivity index (χ0v) is 18.5. The van der Waals surface area contributed by atoms with Gasteiger partial charge in [-0.15, -0.1) is 11.3 Å². The molecule has 2 aromatic rings. The summed E-state index contributed by atoms with van der Waals surface area (Å²) in [7, 11) is 0. The van der Waals surface area contributed by atoms with E-state index in [2.05, 4.69) is 29.5 Å². The Bertz CT molecular complexity index is 1020. The normalized spacial score (nSPS) is 19.5. The molecule has 1 aromatic heterocycles. The summed E-state index contributed by atoms with van der Waals surface area (Å²) in [5.41, 5.74) is 9.58. The van der Waals surface area contributed by atoms with E-state index in [0.717, 1.165) is 28.4 Å². The second-order valence-corrected chi connectivity index (χ2v) is 9.42. The van der Waals surface area contributed by atoms with Gasteiger partial charge in [-0.3, -0.25) is 19.7 Å². The second kappa shape index (κ2) is 8.76. The maximum atomic E-state index is 12.9. The Morgan fingerprint density at radius 2 is 2.13 bits per heavy atom. The molecule has 1 aromatic carbocycles. The van der Waals surface area contributed by atoms with Crippen molar-refractivity contribution >= 4 is 34.2 Å². The fourth-order valence-corrected chi connectivity index (χ4v) is 4.83. The molecule has 0 aliphatic carbocycles. The van der Waals surface area contributed by atoms with Crippen molar-refractivity contribution in [2.45, 2.75) is 58.3 Å². The van der Waals surface area contributed by atoms with Crippen molar-refractivity contribution in [3.05, 3.63) is 46.0 Å². The summed E-state index contributed by atoms with van der Waals surface area (Å²) in [4.78, 5) is 42.7. The van der Waals surface area contributed by atoms with E-state index < -0.39 is 11.9 Å². The Hall–Kier alpha value is -2.78. The smallest absolute Gasteiger partial charge is 0.255 e. The molecule has 0 spiro atoms. The molecule has 4 N–H and O–H groups in total. The van der Waals surface area contributed by atoms with Crippen LogP contribution < -0.4 is 16.4 Å². The molecule has 0 saturated carbocycles. The van der Waals surface area contributed by atoms with Gasteiger partial charge in [-0.05, 0) is 36.0 Å². The summed E-state index contributed by atoms with van der Waals surface area (Å²) in [6.07, 6.45) is 1.51. The lowest BCUT2D eigenvalue weighted by Gasteiger charge is -2.29. The average molecular weight is 442 g/mol. The minimum Gasteiger partial charge on any atom is -0.357 e. The molecule has 1 saturated heterocycles. The van der Waals surface area contributed by atoms with Crippen molar-refractivity contribution in [1.29, 1.82) is 0 Å². The fourth-order valence-electron chi connectivity index (χ4n) is 4.06. The molecule has 9 heteroatoms. The minimum atomic E-state index is -0.594. The van der Waals surface area contributed by atoms with Crippen molar-refractivity contribution in [2.24, 2.45) is 11.7 Å². The van der Waals surface area contributed by atoms with Gasteiger partial charge in [0, 0.05) is 36.5 Å². The van der Waals surface area contributed by atoms with Crippen molar-refractivity contribution in [1.82, 2.24) is 15.2 Å². The summed E-state index contributed by atoms with van der Waals surface area (Å²) in [5, 5.41) is 8.42. The monoisotopic (exact) mass is 441 g/mol. The van der Waals surface area contributed by atoms with Crippen LogP contribution in [0.2, 0.25) is 0 Å². The Morgan fingerprint density at radius 3 is 2.87 bits per heavy atom. The molecule has 4 rings (SSSR count). The predicted molar refractivity (Wildman–Crippen MR) is 118 cm³/mol. The van der Waals surface area contributed by atoms with Gasteiger partial charge in [0.05, 0.1) is 5.69 Å². The largest absolute Gasteiger partial charge is 0.357 e. The number of benzene rings is 1. The highest BCUT2D eigenvalue weighted by Crippen LogP contribution is 2.29. The molecule has 2 aliphatic rings. The second-order valence-electron chi connectivity index (χ2n) is 8.56. The van der Waals surface area contributed by atoms with Gasteiger partial charge in [0.2, 0.25) is 11.8 Å². The summed E-state index contributed by atoms with van der Waals surface area (Å²) in [6.45, 7) is 5.20. The van der Waals surface area contributed by atoms with E-state index in [-0.39, 0.29) is 24.3 Å². The third kappa shape index (κ3) is 4.62. The van der Waals surface area contributed by atoms with Crippen LogP contribution in [-0.4, -0.2) is 33.6 Å². The number of anilines is 1. The van der Waals surface area contributed by atoms with Crippen LogP contribution in [0.25, 0.3) is 0 Å². The third-order valence-electron chi connectivity index (χ3n) is 5.66. The lowest BCUT2D eigenvalue weighted by atomic mass is 10.0. The highest BCUT2D eigenvalue weighted by atomic mass is 32.1. The van der Waals surface area contributed by atoms with Crippen molar-refractivity contribution in [2.75, 3.05) is 5.32 Å². The third-order valence-corrected chi connectivity index (χ3v) is 6.48. The number of nitrogens with zero attached hydrogens (tertiary/aromatic N) is 2. The Kier molecular flexibility index (Phi) is 6.06. The first-order valence-electron chi connectivity index (χ1n) is 10.5. The number of hydrogen-bond acceptors (Lipinski definition) is 7. The standard InChI is InChI=1S/C22H27N5O3S/c1-12(2)7-16(23)17-11-31-22(25-17)24-9-13-3-4-14-10-27(21(30)15(14)8-13)18-5-6-19(28)26-20(18)29/h3-4,8,11-12,16,18H,5-7,9-10,23H2,1-2H3,(H,24,25)(H,26,28,29)/t16-,18?/m0/s1. The number of fused-ring (bicyclic) bond motifs is 1. The number of carbonyl (C=O) groups excluding carboxylic acids is 3. The van der Waals surface area contributed by atoms with Gasteiger partial charge in [-0.1, -0.05) is 26.0 Å². The number of nitrogens with one attached hydrogen (secondary N) is 2. The molecule has 3 amide bonds. The fraction of sp³-hybridized carbons (Fsp3) is 0.455. The van der Waals surface area contributed by atoms with E-state index in [1.165, 1.54) is 11.3 Å². The van der Waals surface area contributed by atoms with E-state index in [4.69, 9.17) is 5.73 Å². The predicted octanol–water partition coefficient (Wildman–Crippen LogP) is 2.56. The van der Waals surface area contributed by atoms with Gasteiger partial charge >= 0.3 is 0 Å². The molecule has 2 atom stereocenters. The highest BCUT2D eigenvalue weighted by Gasteiger charge is 2.39. The van der Waals surface area contributed by atoms with Crippen LogP contribution >= 0.6 is 11.3 Å². The number of piperidine rings is 1. The van der Waals surface area contributed by atoms with Crippen LogP contribution in [0.5, 0.6) is 0 Å². The molecule has 1 fully saturated rings. The van der Waals surface area contributed by atoms with Gasteiger partial charge < -0.3 is 16.0 Å². The Morgan fingerprint density at radius 1 is 1.32 bits per heavy atom. The molecule has 2 aliphatic heterocycles. The van der Waals surface area contributed by atoms with Gasteiger partial charge in [0.1, 0.15) is 6.04 Å². The van der Waals surface area contributed by atoms with Crippen LogP contribution in [0.15, 0.2) is 23.6 Å². The van der Waals surface area contributed by atoms with E-state index in [9.17, 15) is 14.4 Å². The molecule has 8 nitrogen and oxygen atoms in total. The molecule has 31 heavy (non-hydrogen) atoms. The van der Waals surface area contributed by atoms with Crippen molar-refractivity contribution < 1.29 is 14.4 Å². The van der Waals surface area contributed by atoms with Gasteiger partial charge in [-0.2, -0.15) is 0 Å². The molecule has 164 valence electrons. The van der Waals surface area contributed by atoms with Crippen LogP contribution in [0, 0.1) is 5.92 Å². The number of aromatic nitrogens is 1. The van der Waals surface area contributed by atoms with Crippen LogP contribution in [0.1, 0.15) is 66.3 Å². The van der Waals surface area contributed by atoms with Crippen LogP contribution in [0.3, 0.4) is 0 Å². The van der Waals surface area contributed by atoms with E-state index in [1.54, 1.807) is 4.90 Å². The summed E-state index contributed by atoms with van der Waals surface area (Å²) >= 11 is 1.52. The van der Waals surface area contributed by atoms with Crippen molar-refractivity contribution in [3.8, 4) is 0 Å². The lowest BCUT2D eigenvalue weighted by Crippen LogP contribution is -2.52. The summed E-state index contributed by atoms with van der Waals surface area (Å²) < 4.78 is 0. The summed E-state index contributed by atoms with van der Waals surface area (Å²) in [5.74, 6) is -0.330. The Labute approximate surface area is 185 Å². The minimum absolute atomic E-state index is 0.0670. The highest BCUT2D eigenvalue weighted by molar-refractivity contribution is 7.13. The quantitative estimate of drug-likeness (QED) is 0.569. The zero-order valence-electron chi connectivity index (χ0n) is 17.7. The maximum absolute atomic E-state index is 12.9. The van der Waals surface area contributed by atoms with E-state index >= 15 is 0 Å². The number of thiazole rings is 1. The SMILES string of the molecule is CC(C)C[C@H](N)c1csc(NCc2ccc3c(c2)C(=O)N(C2CCC(=O)NC2=O)C3)n1. The first kappa shape index (κ1) is 21.5. The average Bonchev–Trinajstić information content (AvgIpc) is 3.31. The van der Waals surface area contributed by atoms with Gasteiger partial charge in [-0.25, -0.2) is 4.98 Å². The molecule has 1 unspecified atom stereocenters. The van der Waals surface area contributed by atoms with Crippen LogP contribution in [0.4, 0.5) is 5.13 Å². The number of imide groups is 1. The zero-order chi connectivity index (χ0) is 22.1. The molecular formula is C22H27N5O3S. The number of nitrogens with two attached hydrogens (primary N) is 1. The van der Waals surface area contributed by atoms with Gasteiger partial charge in [0.25, 0.3) is 5.91 Å². The molecular weight excluding hydrogens is 414 g/mol. The molecule has 3 heterocycles. The number of amides is 3. The topological polar surface area (TPSA) is 117 Å². The lowest BCUT2D eigenvalue weighted by molar-refractivity contribution is -0.136.